The van der Waals surface area contributed by atoms with Crippen LogP contribution in [0.4, 0.5) is 0 Å². The van der Waals surface area contributed by atoms with Gasteiger partial charge in [0, 0.05) is 18.0 Å². The number of halogens is 1. The van der Waals surface area contributed by atoms with Crippen LogP contribution in [0.3, 0.4) is 0 Å². The summed E-state index contributed by atoms with van der Waals surface area (Å²) in [5.74, 6) is -0.0765. The smallest absolute Gasteiger partial charge is 0.290 e. The number of carbonyl (C=O) groups excluding carboxylic acids is 1. The van der Waals surface area contributed by atoms with Crippen molar-refractivity contribution in [2.24, 2.45) is 0 Å². The lowest BCUT2D eigenvalue weighted by molar-refractivity contribution is -0.858. The molecule has 6 heteroatoms. The molecule has 1 N–H and O–H groups in total. The van der Waals surface area contributed by atoms with Crippen molar-refractivity contribution in [3.8, 4) is 0 Å². The molecular weight excluding hydrogens is 376 g/mol. The standard InChI is InChI=1S/C22H21ClN2O3/c1-24(2)12-5-13-25-19(14-8-10-15(23)11-9-14)18-20(26)16-6-3-4-7-17(16)28-21(18)22(25)27/h3-4,6-11,19H,5,12-13H2,1-2H3/p+1/t19-/m0/s1. The molecule has 1 amide bonds. The fraction of sp³-hybridized carbons (Fsp3) is 0.273. The Morgan fingerprint density at radius 1 is 1.07 bits per heavy atom. The minimum atomic E-state index is -0.460. The Kier molecular flexibility index (Phi) is 4.96. The van der Waals surface area contributed by atoms with Gasteiger partial charge in [0.2, 0.25) is 5.76 Å². The predicted octanol–water partition coefficient (Wildman–Crippen LogP) is 2.53. The third kappa shape index (κ3) is 3.21. The zero-order valence-electron chi connectivity index (χ0n) is 15.9. The number of nitrogens with zero attached hydrogens (tertiary/aromatic N) is 1. The molecule has 4 rings (SSSR count). The van der Waals surface area contributed by atoms with E-state index < -0.39 is 6.04 Å². The topological polar surface area (TPSA) is 55.0 Å². The number of para-hydroxylation sites is 1. The van der Waals surface area contributed by atoms with E-state index in [-0.39, 0.29) is 17.1 Å². The summed E-state index contributed by atoms with van der Waals surface area (Å²) in [6.07, 6.45) is 0.833. The fourth-order valence-electron chi connectivity index (χ4n) is 3.79. The van der Waals surface area contributed by atoms with E-state index in [1.165, 1.54) is 4.90 Å². The van der Waals surface area contributed by atoms with Crippen molar-refractivity contribution in [1.82, 2.24) is 4.90 Å². The molecule has 1 atom stereocenters. The number of rotatable bonds is 5. The van der Waals surface area contributed by atoms with Crippen LogP contribution in [-0.2, 0) is 0 Å². The van der Waals surface area contributed by atoms with E-state index in [4.69, 9.17) is 16.0 Å². The highest BCUT2D eigenvalue weighted by Gasteiger charge is 2.42. The largest absolute Gasteiger partial charge is 0.450 e. The number of carbonyl (C=O) groups is 1. The molecule has 0 spiro atoms. The van der Waals surface area contributed by atoms with Gasteiger partial charge in [-0.25, -0.2) is 0 Å². The number of nitrogens with one attached hydrogen (secondary N) is 1. The van der Waals surface area contributed by atoms with Crippen molar-refractivity contribution in [3.05, 3.63) is 80.7 Å². The normalized spacial score (nSPS) is 16.2. The van der Waals surface area contributed by atoms with E-state index in [1.54, 1.807) is 41.3 Å². The third-order valence-electron chi connectivity index (χ3n) is 5.13. The first-order valence-electron chi connectivity index (χ1n) is 9.38. The molecule has 0 aliphatic carbocycles. The minimum Gasteiger partial charge on any atom is -0.450 e. The van der Waals surface area contributed by atoms with Crippen LogP contribution in [0.25, 0.3) is 11.0 Å². The highest BCUT2D eigenvalue weighted by Crippen LogP contribution is 2.38. The average Bonchev–Trinajstić information content (AvgIpc) is 2.95. The maximum atomic E-state index is 13.3. The Morgan fingerprint density at radius 3 is 2.50 bits per heavy atom. The SMILES string of the molecule is C[NH+](C)CCCN1C(=O)c2oc3ccccc3c(=O)c2[C@@H]1c1ccc(Cl)cc1. The van der Waals surface area contributed by atoms with Gasteiger partial charge in [-0.05, 0) is 29.8 Å². The molecule has 0 saturated carbocycles. The molecule has 0 unspecified atom stereocenters. The van der Waals surface area contributed by atoms with Crippen molar-refractivity contribution >= 4 is 28.5 Å². The number of benzene rings is 2. The number of quaternary nitrogens is 1. The summed E-state index contributed by atoms with van der Waals surface area (Å²) in [5, 5.41) is 1.11. The molecule has 3 aromatic rings. The first-order valence-corrected chi connectivity index (χ1v) is 9.76. The van der Waals surface area contributed by atoms with Crippen molar-refractivity contribution in [3.63, 3.8) is 0 Å². The van der Waals surface area contributed by atoms with Gasteiger partial charge in [0.15, 0.2) is 5.43 Å². The van der Waals surface area contributed by atoms with Gasteiger partial charge in [0.05, 0.1) is 37.6 Å². The van der Waals surface area contributed by atoms with Gasteiger partial charge in [-0.15, -0.1) is 0 Å². The Morgan fingerprint density at radius 2 is 1.79 bits per heavy atom. The zero-order valence-corrected chi connectivity index (χ0v) is 16.6. The molecule has 144 valence electrons. The Hall–Kier alpha value is -2.63. The summed E-state index contributed by atoms with van der Waals surface area (Å²) in [6, 6.07) is 13.9. The van der Waals surface area contributed by atoms with E-state index in [9.17, 15) is 9.59 Å². The van der Waals surface area contributed by atoms with Gasteiger partial charge in [0.25, 0.3) is 5.91 Å². The average molecular weight is 398 g/mol. The van der Waals surface area contributed by atoms with Gasteiger partial charge < -0.3 is 14.2 Å². The van der Waals surface area contributed by atoms with Crippen molar-refractivity contribution in [2.75, 3.05) is 27.2 Å². The lowest BCUT2D eigenvalue weighted by Crippen LogP contribution is -3.05. The van der Waals surface area contributed by atoms with Crippen LogP contribution >= 0.6 is 11.6 Å². The first kappa shape index (κ1) is 18.7. The summed E-state index contributed by atoms with van der Waals surface area (Å²) in [5.41, 5.74) is 1.57. The quantitative estimate of drug-likeness (QED) is 0.719. The molecule has 2 heterocycles. The number of fused-ring (bicyclic) bond motifs is 2. The van der Waals surface area contributed by atoms with Crippen LogP contribution in [0.5, 0.6) is 0 Å². The Labute approximate surface area is 168 Å². The van der Waals surface area contributed by atoms with Crippen LogP contribution in [0.2, 0.25) is 5.02 Å². The van der Waals surface area contributed by atoms with E-state index in [0.717, 1.165) is 18.5 Å². The molecule has 1 aliphatic rings. The van der Waals surface area contributed by atoms with E-state index >= 15 is 0 Å². The second-order valence-electron chi connectivity index (χ2n) is 7.43. The Balaban J connectivity index is 1.86. The summed E-state index contributed by atoms with van der Waals surface area (Å²) < 4.78 is 5.91. The number of amides is 1. The highest BCUT2D eigenvalue weighted by atomic mass is 35.5. The van der Waals surface area contributed by atoms with E-state index in [0.29, 0.717) is 28.1 Å². The highest BCUT2D eigenvalue weighted by molar-refractivity contribution is 6.30. The molecule has 2 aromatic carbocycles. The molecular formula is C22H22ClN2O3+. The molecule has 0 radical (unpaired) electrons. The van der Waals surface area contributed by atoms with Crippen LogP contribution in [0.1, 0.15) is 34.1 Å². The fourth-order valence-corrected chi connectivity index (χ4v) is 3.92. The predicted molar refractivity (Wildman–Crippen MR) is 109 cm³/mol. The lowest BCUT2D eigenvalue weighted by Gasteiger charge is -2.25. The minimum absolute atomic E-state index is 0.147. The lowest BCUT2D eigenvalue weighted by atomic mass is 9.98. The van der Waals surface area contributed by atoms with Gasteiger partial charge >= 0.3 is 0 Å². The van der Waals surface area contributed by atoms with Crippen LogP contribution < -0.4 is 10.3 Å². The molecule has 5 nitrogen and oxygen atoms in total. The van der Waals surface area contributed by atoms with Crippen molar-refractivity contribution in [1.29, 1.82) is 0 Å². The van der Waals surface area contributed by atoms with Gasteiger partial charge in [-0.2, -0.15) is 0 Å². The van der Waals surface area contributed by atoms with Gasteiger partial charge in [-0.1, -0.05) is 35.9 Å². The molecule has 1 aromatic heterocycles. The summed E-state index contributed by atoms with van der Waals surface area (Å²) in [4.78, 5) is 29.5. The van der Waals surface area contributed by atoms with E-state index in [1.807, 2.05) is 12.1 Å². The zero-order chi connectivity index (χ0) is 19.8. The summed E-state index contributed by atoms with van der Waals surface area (Å²) in [7, 11) is 4.16. The second-order valence-corrected chi connectivity index (χ2v) is 7.87. The first-order chi connectivity index (χ1) is 13.5. The molecule has 0 bridgehead atoms. The molecule has 0 saturated heterocycles. The van der Waals surface area contributed by atoms with Crippen LogP contribution in [-0.4, -0.2) is 38.0 Å². The van der Waals surface area contributed by atoms with Gasteiger partial charge in [0.1, 0.15) is 5.58 Å². The maximum Gasteiger partial charge on any atom is 0.290 e. The summed E-state index contributed by atoms with van der Waals surface area (Å²) in [6.45, 7) is 1.48. The number of hydrogen-bond donors (Lipinski definition) is 1. The van der Waals surface area contributed by atoms with Crippen molar-refractivity contribution in [2.45, 2.75) is 12.5 Å². The molecule has 0 fully saturated rings. The van der Waals surface area contributed by atoms with Crippen molar-refractivity contribution < 1.29 is 14.1 Å². The van der Waals surface area contributed by atoms with E-state index in [2.05, 4.69) is 14.1 Å². The monoisotopic (exact) mass is 397 g/mol. The van der Waals surface area contributed by atoms with Crippen LogP contribution in [0.15, 0.2) is 57.7 Å². The molecule has 1 aliphatic heterocycles. The second kappa shape index (κ2) is 7.41. The molecule has 28 heavy (non-hydrogen) atoms. The third-order valence-corrected chi connectivity index (χ3v) is 5.39. The number of hydrogen-bond acceptors (Lipinski definition) is 3. The van der Waals surface area contributed by atoms with Crippen LogP contribution in [0, 0.1) is 0 Å². The maximum absolute atomic E-state index is 13.3. The summed E-state index contributed by atoms with van der Waals surface area (Å²) >= 11 is 6.05. The Bertz CT molecular complexity index is 1090. The van der Waals surface area contributed by atoms with Gasteiger partial charge in [-0.3, -0.25) is 9.59 Å².